The van der Waals surface area contributed by atoms with E-state index in [1.807, 2.05) is 94.9 Å². The first-order valence-corrected chi connectivity index (χ1v) is 20.7. The number of hydrogen-bond donors (Lipinski definition) is 1. The van der Waals surface area contributed by atoms with Gasteiger partial charge >= 0.3 is 0 Å². The minimum absolute atomic E-state index is 0. The summed E-state index contributed by atoms with van der Waals surface area (Å²) in [7, 11) is 0. The Labute approximate surface area is 352 Å². The molecule has 2 aliphatic rings. The Balaban J connectivity index is 0.000000182. The first kappa shape index (κ1) is 43.8. The average molecular weight is 805 g/mol. The van der Waals surface area contributed by atoms with Crippen molar-refractivity contribution < 1.29 is 14.4 Å². The molecule has 0 unspecified atom stereocenters. The molecule has 6 aromatic carbocycles. The van der Waals surface area contributed by atoms with Crippen LogP contribution in [0, 0.1) is 27.7 Å². The molecular weight excluding hydrogens is 753 g/mol. The van der Waals surface area contributed by atoms with Crippen molar-refractivity contribution in [2.45, 2.75) is 81.4 Å². The van der Waals surface area contributed by atoms with Gasteiger partial charge in [-0.05, 0) is 130 Å². The summed E-state index contributed by atoms with van der Waals surface area (Å²) in [6, 6.07) is 41.2. The first-order chi connectivity index (χ1) is 27.4. The quantitative estimate of drug-likeness (QED) is 0.127. The highest BCUT2D eigenvalue weighted by molar-refractivity contribution is 7.99. The van der Waals surface area contributed by atoms with Crippen LogP contribution in [0.1, 0.15) is 102 Å². The van der Waals surface area contributed by atoms with Crippen LogP contribution < -0.4 is 5.73 Å². The number of rotatable bonds is 7. The molecule has 2 heterocycles. The van der Waals surface area contributed by atoms with Crippen LogP contribution in [0.3, 0.4) is 0 Å². The Morgan fingerprint density at radius 2 is 1.00 bits per heavy atom. The molecule has 7 heteroatoms. The molecular formula is C51H52N2O3S2. The summed E-state index contributed by atoms with van der Waals surface area (Å²) in [6.45, 7) is 11.8. The fraction of sp³-hybridized carbons (Fsp3) is 0.216. The van der Waals surface area contributed by atoms with Gasteiger partial charge in [0.05, 0.1) is 6.54 Å². The van der Waals surface area contributed by atoms with Crippen LogP contribution >= 0.6 is 23.5 Å². The third-order valence-electron chi connectivity index (χ3n) is 10.1. The number of hydrogen-bond acceptors (Lipinski definition) is 7. The smallest absolute Gasteiger partial charge is 0.184 e. The first-order valence-electron chi connectivity index (χ1n) is 19.1. The average Bonchev–Trinajstić information content (AvgIpc) is 3.20. The lowest BCUT2D eigenvalue weighted by atomic mass is 10.00. The van der Waals surface area contributed by atoms with E-state index in [2.05, 4.69) is 77.8 Å². The van der Waals surface area contributed by atoms with Gasteiger partial charge in [0.25, 0.3) is 0 Å². The lowest BCUT2D eigenvalue weighted by Gasteiger charge is -2.19. The molecule has 0 spiro atoms. The van der Waals surface area contributed by atoms with Gasteiger partial charge in [-0.1, -0.05) is 127 Å². The van der Waals surface area contributed by atoms with E-state index in [9.17, 15) is 14.4 Å². The topological polar surface area (TPSA) is 89.6 Å². The van der Waals surface area contributed by atoms with Crippen molar-refractivity contribution in [1.29, 1.82) is 0 Å². The van der Waals surface area contributed by atoms with Crippen molar-refractivity contribution >= 4 is 46.6 Å². The number of ketones is 3. The summed E-state index contributed by atoms with van der Waals surface area (Å²) in [5, 5.41) is 0. The third-order valence-corrected chi connectivity index (χ3v) is 12.6. The number of benzene rings is 6. The summed E-state index contributed by atoms with van der Waals surface area (Å²) < 4.78 is 0. The number of carbonyl (C=O) groups is 3. The van der Waals surface area contributed by atoms with Gasteiger partial charge in [0.2, 0.25) is 0 Å². The number of aliphatic imine (C=N–C) groups is 1. The van der Waals surface area contributed by atoms with E-state index in [1.165, 1.54) is 53.0 Å². The molecule has 58 heavy (non-hydrogen) atoms. The highest BCUT2D eigenvalue weighted by atomic mass is 32.2. The van der Waals surface area contributed by atoms with Crippen LogP contribution in [0.5, 0.6) is 0 Å². The molecule has 0 amide bonds. The van der Waals surface area contributed by atoms with Crippen molar-refractivity contribution in [2.24, 2.45) is 10.7 Å². The van der Waals surface area contributed by atoms with E-state index < -0.39 is 0 Å². The highest BCUT2D eigenvalue weighted by Gasteiger charge is 2.18. The zero-order valence-corrected chi connectivity index (χ0v) is 35.1. The molecule has 296 valence electrons. The molecule has 2 N–H and O–H groups in total. The molecule has 2 aliphatic heterocycles. The Morgan fingerprint density at radius 3 is 1.48 bits per heavy atom. The van der Waals surface area contributed by atoms with Crippen molar-refractivity contribution in [3.8, 4) is 0 Å². The summed E-state index contributed by atoms with van der Waals surface area (Å²) in [6.07, 6.45) is 1.88. The number of nitrogens with two attached hydrogens (primary N) is 1. The Hall–Kier alpha value is -5.34. The Bertz CT molecular complexity index is 2520. The van der Waals surface area contributed by atoms with Crippen LogP contribution in [-0.4, -0.2) is 36.2 Å². The summed E-state index contributed by atoms with van der Waals surface area (Å²) >= 11 is 3.62. The van der Waals surface area contributed by atoms with E-state index in [4.69, 9.17) is 5.73 Å². The van der Waals surface area contributed by atoms with Gasteiger partial charge in [-0.3, -0.25) is 19.4 Å². The molecule has 0 atom stereocenters. The normalized spacial score (nSPS) is 12.1. The fourth-order valence-electron chi connectivity index (χ4n) is 6.95. The lowest BCUT2D eigenvalue weighted by Crippen LogP contribution is -2.14. The monoisotopic (exact) mass is 804 g/mol. The van der Waals surface area contributed by atoms with Crippen molar-refractivity contribution in [3.63, 3.8) is 0 Å². The van der Waals surface area contributed by atoms with Gasteiger partial charge in [-0.15, -0.1) is 0 Å². The van der Waals surface area contributed by atoms with Gasteiger partial charge in [0, 0.05) is 42.0 Å². The van der Waals surface area contributed by atoms with E-state index in [0.29, 0.717) is 0 Å². The molecule has 0 saturated heterocycles. The Morgan fingerprint density at radius 1 is 0.552 bits per heavy atom. The summed E-state index contributed by atoms with van der Waals surface area (Å²) in [5.41, 5.74) is 19.2. The molecule has 6 aromatic rings. The maximum absolute atomic E-state index is 12.6. The fourth-order valence-corrected chi connectivity index (χ4v) is 9.06. The van der Waals surface area contributed by atoms with Crippen molar-refractivity contribution in [3.05, 3.63) is 188 Å². The van der Waals surface area contributed by atoms with Crippen molar-refractivity contribution in [1.82, 2.24) is 0 Å². The van der Waals surface area contributed by atoms with Crippen LogP contribution in [0.15, 0.2) is 146 Å². The second kappa shape index (κ2) is 19.9. The van der Waals surface area contributed by atoms with Gasteiger partial charge in [0.15, 0.2) is 17.3 Å². The zero-order chi connectivity index (χ0) is 40.6. The molecule has 0 bridgehead atoms. The second-order valence-corrected chi connectivity index (χ2v) is 16.7. The largest absolute Gasteiger partial charge is 0.324 e. The van der Waals surface area contributed by atoms with Crippen LogP contribution in [0.25, 0.3) is 0 Å². The molecule has 0 aliphatic carbocycles. The molecule has 8 rings (SSSR count). The molecule has 5 nitrogen and oxygen atoms in total. The minimum Gasteiger partial charge on any atom is -0.324 e. The van der Waals surface area contributed by atoms with Gasteiger partial charge in [0.1, 0.15) is 6.54 Å². The van der Waals surface area contributed by atoms with E-state index in [-0.39, 0.29) is 37.9 Å². The van der Waals surface area contributed by atoms with Crippen LogP contribution in [0.4, 0.5) is 0 Å². The third kappa shape index (κ3) is 10.8. The molecule has 0 saturated carbocycles. The molecule has 0 aromatic heterocycles. The predicted octanol–water partition coefficient (Wildman–Crippen LogP) is 12.1. The Kier molecular flexibility index (Phi) is 15.0. The van der Waals surface area contributed by atoms with E-state index >= 15 is 0 Å². The van der Waals surface area contributed by atoms with Gasteiger partial charge in [-0.25, -0.2) is 0 Å². The maximum atomic E-state index is 12.6. The van der Waals surface area contributed by atoms with Crippen LogP contribution in [-0.2, 0) is 12.8 Å². The number of nitrogens with zero attached hydrogens (tertiary/aromatic N) is 1. The summed E-state index contributed by atoms with van der Waals surface area (Å²) in [5.74, 6) is 0.212. The SMILES string of the molecule is C.CC(=NCC(=O)c1ccc(C)cc1C)c1ccc2c(c1)Cc1ccccc1S2.CC(=O)c1ccc2c(c1)Cc1ccccc1S2.Cc1ccc(C(=O)CN)c(C)c1. The van der Waals surface area contributed by atoms with Crippen LogP contribution in [0.2, 0.25) is 0 Å². The predicted molar refractivity (Wildman–Crippen MR) is 243 cm³/mol. The maximum Gasteiger partial charge on any atom is 0.184 e. The lowest BCUT2D eigenvalue weighted by molar-refractivity contribution is 0.0993. The number of Topliss-reactive ketones (excluding diaryl/α,β-unsaturated/α-hetero) is 3. The minimum atomic E-state index is 0. The number of carbonyl (C=O) groups excluding carboxylic acids is 3. The van der Waals surface area contributed by atoms with Gasteiger partial charge in [-0.2, -0.15) is 0 Å². The van der Waals surface area contributed by atoms with E-state index in [1.54, 1.807) is 18.7 Å². The standard InChI is InChI=1S/C25H23NOS.C15H12OS.C10H13NO.CH4/c1-16-8-10-22(17(2)12-16)23(27)15-26-18(3)19-9-11-25-21(13-19)14-20-6-4-5-7-24(20)28-25;1-10(16)11-6-7-15-13(8-11)9-12-4-2-3-5-14(12)17-15;1-7-3-4-9(8(2)5-7)10(12)6-11;/h4-13H,14-15H2,1-3H3;2-8H,9H2,1H3;3-5H,6,11H2,1-2H3;1H4. The zero-order valence-electron chi connectivity index (χ0n) is 33.4. The van der Waals surface area contributed by atoms with Gasteiger partial charge < -0.3 is 5.73 Å². The number of aryl methyl sites for hydroxylation is 4. The molecule has 0 radical (unpaired) electrons. The highest BCUT2D eigenvalue weighted by Crippen LogP contribution is 2.40. The van der Waals surface area contributed by atoms with Crippen molar-refractivity contribution in [2.75, 3.05) is 13.1 Å². The summed E-state index contributed by atoms with van der Waals surface area (Å²) in [4.78, 5) is 45.0. The van der Waals surface area contributed by atoms with E-state index in [0.717, 1.165) is 51.9 Å². The number of fused-ring (bicyclic) bond motifs is 4. The second-order valence-electron chi connectivity index (χ2n) is 14.6. The molecule has 0 fully saturated rings.